The Labute approximate surface area is 168 Å². The predicted octanol–water partition coefficient (Wildman–Crippen LogP) is 5.29. The molecule has 0 radical (unpaired) electrons. The number of aromatic nitrogens is 3. The third-order valence-corrected chi connectivity index (χ3v) is 5.37. The maximum Gasteiger partial charge on any atom is 0.295 e. The first-order valence-corrected chi connectivity index (χ1v) is 9.32. The molecule has 28 heavy (non-hydrogen) atoms. The van der Waals surface area contributed by atoms with Gasteiger partial charge in [0.15, 0.2) is 11.0 Å². The minimum atomic E-state index is -2.31. The van der Waals surface area contributed by atoms with E-state index >= 15 is 0 Å². The van der Waals surface area contributed by atoms with Crippen LogP contribution in [0.5, 0.6) is 0 Å². The number of hydrogen-bond donors (Lipinski definition) is 0. The Morgan fingerprint density at radius 2 is 1.64 bits per heavy atom. The normalized spacial score (nSPS) is 13.4. The van der Waals surface area contributed by atoms with E-state index in [-0.39, 0.29) is 5.56 Å². The van der Waals surface area contributed by atoms with Crippen LogP contribution in [0, 0.1) is 13.8 Å². The van der Waals surface area contributed by atoms with Gasteiger partial charge in [-0.2, -0.15) is 4.57 Å². The highest BCUT2D eigenvalue weighted by Crippen LogP contribution is 2.33. The molecule has 2 heterocycles. The van der Waals surface area contributed by atoms with Crippen LogP contribution in [0.15, 0.2) is 79.0 Å². The number of benzene rings is 3. The maximum absolute atomic E-state index is 8.24. The van der Waals surface area contributed by atoms with Crippen molar-refractivity contribution in [2.75, 3.05) is 0 Å². The fourth-order valence-electron chi connectivity index (χ4n) is 4.03. The molecule has 0 saturated heterocycles. The van der Waals surface area contributed by atoms with Crippen LogP contribution in [0.3, 0.4) is 0 Å². The summed E-state index contributed by atoms with van der Waals surface area (Å²) in [4.78, 5) is 4.46. The minimum Gasteiger partial charge on any atom is -0.256 e. The largest absolute Gasteiger partial charge is 0.295 e. The van der Waals surface area contributed by atoms with Gasteiger partial charge in [0, 0.05) is 21.3 Å². The van der Waals surface area contributed by atoms with Gasteiger partial charge in [-0.05, 0) is 49.7 Å². The van der Waals surface area contributed by atoms with E-state index in [1.54, 1.807) is 0 Å². The molecule has 5 aromatic rings. The van der Waals surface area contributed by atoms with Crippen LogP contribution in [0.2, 0.25) is 0 Å². The van der Waals surface area contributed by atoms with E-state index in [9.17, 15) is 0 Å². The first-order valence-electron chi connectivity index (χ1n) is 10.8. The zero-order valence-corrected chi connectivity index (χ0v) is 15.8. The van der Waals surface area contributed by atoms with Gasteiger partial charge in [-0.1, -0.05) is 42.5 Å². The van der Waals surface area contributed by atoms with Crippen molar-refractivity contribution in [2.45, 2.75) is 13.8 Å². The fourth-order valence-corrected chi connectivity index (χ4v) is 4.03. The number of aryl methyl sites for hydroxylation is 3. The topological polar surface area (TPSA) is 21.7 Å². The lowest BCUT2D eigenvalue weighted by Crippen LogP contribution is -2.30. The van der Waals surface area contributed by atoms with Gasteiger partial charge in [0.2, 0.25) is 0 Å². The lowest BCUT2D eigenvalue weighted by Gasteiger charge is -2.10. The van der Waals surface area contributed by atoms with Gasteiger partial charge in [-0.15, -0.1) is 0 Å². The molecule has 0 aliphatic rings. The molecule has 0 fully saturated rings. The molecule has 0 aliphatic heterocycles. The quantitative estimate of drug-likeness (QED) is 0.389. The molecule has 0 spiro atoms. The summed E-state index contributed by atoms with van der Waals surface area (Å²) >= 11 is 0. The number of rotatable bonds is 2. The summed E-state index contributed by atoms with van der Waals surface area (Å²) in [6.45, 7) is -0.230. The lowest BCUT2D eigenvalue weighted by molar-refractivity contribution is -0.633. The third kappa shape index (κ3) is 2.36. The molecule has 5 rings (SSSR count). The van der Waals surface area contributed by atoms with Crippen molar-refractivity contribution in [1.29, 1.82) is 0 Å². The molecule has 3 aromatic carbocycles. The summed E-state index contributed by atoms with van der Waals surface area (Å²) in [7, 11) is 2.03. The smallest absolute Gasteiger partial charge is 0.256 e. The van der Waals surface area contributed by atoms with E-state index in [1.807, 2.05) is 61.6 Å². The summed E-state index contributed by atoms with van der Waals surface area (Å²) < 4.78 is 29.0. The molecular formula is C25H22N3+. The molecule has 0 aliphatic carbocycles. The van der Waals surface area contributed by atoms with Crippen LogP contribution in [0.1, 0.15) is 15.2 Å². The summed E-state index contributed by atoms with van der Waals surface area (Å²) in [6, 6.07) is 24.0. The van der Waals surface area contributed by atoms with Gasteiger partial charge in [-0.25, -0.2) is 4.57 Å². The average Bonchev–Trinajstić information content (AvgIpc) is 3.05. The first kappa shape index (κ1) is 13.7. The van der Waals surface area contributed by atoms with Gasteiger partial charge in [-0.3, -0.25) is 4.98 Å². The van der Waals surface area contributed by atoms with Crippen LogP contribution >= 0.6 is 0 Å². The Bertz CT molecular complexity index is 1450. The zero-order chi connectivity index (χ0) is 21.8. The standard InChI is InChI=1S/C25H22N3/c1-17-10-4-5-11-19(17)25-27(3)22-14-8-9-15-23(22)28(25)24-18(2)16-26-21-13-7-6-12-20(21)24/h4-16H,1-3H3/q+1/i2D3. The Morgan fingerprint density at radius 1 is 0.893 bits per heavy atom. The van der Waals surface area contributed by atoms with Crippen LogP contribution in [-0.2, 0) is 7.05 Å². The molecule has 0 bridgehead atoms. The molecule has 0 amide bonds. The minimum absolute atomic E-state index is 0.238. The van der Waals surface area contributed by atoms with E-state index in [4.69, 9.17) is 4.11 Å². The Hall–Kier alpha value is -3.46. The van der Waals surface area contributed by atoms with Gasteiger partial charge < -0.3 is 0 Å². The Morgan fingerprint density at radius 3 is 2.50 bits per heavy atom. The maximum atomic E-state index is 8.24. The Balaban J connectivity index is 2.04. The van der Waals surface area contributed by atoms with Crippen molar-refractivity contribution in [2.24, 2.45) is 7.05 Å². The number of para-hydroxylation sites is 3. The lowest BCUT2D eigenvalue weighted by atomic mass is 10.1. The van der Waals surface area contributed by atoms with Crippen molar-refractivity contribution in [3.8, 4) is 17.1 Å². The highest BCUT2D eigenvalue weighted by Gasteiger charge is 2.28. The van der Waals surface area contributed by atoms with Crippen LogP contribution < -0.4 is 4.57 Å². The highest BCUT2D eigenvalue weighted by atomic mass is 15.2. The van der Waals surface area contributed by atoms with E-state index in [0.29, 0.717) is 5.69 Å². The van der Waals surface area contributed by atoms with Crippen molar-refractivity contribution in [3.05, 3.63) is 90.1 Å². The van der Waals surface area contributed by atoms with Gasteiger partial charge in [0.25, 0.3) is 5.82 Å². The van der Waals surface area contributed by atoms with Crippen molar-refractivity contribution >= 4 is 21.9 Å². The van der Waals surface area contributed by atoms with Crippen LogP contribution in [0.4, 0.5) is 0 Å². The van der Waals surface area contributed by atoms with E-state index in [2.05, 4.69) is 39.2 Å². The number of nitrogens with zero attached hydrogens (tertiary/aromatic N) is 3. The monoisotopic (exact) mass is 367 g/mol. The van der Waals surface area contributed by atoms with Gasteiger partial charge >= 0.3 is 0 Å². The van der Waals surface area contributed by atoms with Crippen LogP contribution in [0.25, 0.3) is 39.0 Å². The number of imidazole rings is 1. The van der Waals surface area contributed by atoms with Gasteiger partial charge in [0.05, 0.1) is 18.1 Å². The summed E-state index contributed by atoms with van der Waals surface area (Å²) in [6.07, 6.45) is 1.50. The first-order chi connectivity index (χ1) is 14.9. The number of fused-ring (bicyclic) bond motifs is 2. The SMILES string of the molecule is [2H]C([2H])([2H])c1cnc2ccccc2c1-n1c(-c2ccccc2C)[n+](C)c2ccccc21. The molecule has 0 atom stereocenters. The average molecular weight is 367 g/mol. The molecule has 0 unspecified atom stereocenters. The second kappa shape index (κ2) is 6.31. The molecule has 0 saturated carbocycles. The third-order valence-electron chi connectivity index (χ3n) is 5.37. The molecule has 3 nitrogen and oxygen atoms in total. The predicted molar refractivity (Wildman–Crippen MR) is 115 cm³/mol. The summed E-state index contributed by atoms with van der Waals surface area (Å²) in [5.74, 6) is 0.932. The Kier molecular flexibility index (Phi) is 3.08. The summed E-state index contributed by atoms with van der Waals surface area (Å²) in [5, 5.41) is 0.812. The van der Waals surface area contributed by atoms with Crippen LogP contribution in [-0.4, -0.2) is 9.55 Å². The zero-order valence-electron chi connectivity index (χ0n) is 18.8. The van der Waals surface area contributed by atoms with Crippen molar-refractivity contribution < 1.29 is 8.68 Å². The van der Waals surface area contributed by atoms with E-state index in [0.717, 1.165) is 38.9 Å². The highest BCUT2D eigenvalue weighted by molar-refractivity contribution is 5.92. The number of hydrogen-bond acceptors (Lipinski definition) is 1. The fraction of sp³-hybridized carbons (Fsp3) is 0.120. The van der Waals surface area contributed by atoms with Crippen molar-refractivity contribution in [1.82, 2.24) is 9.55 Å². The second-order valence-electron chi connectivity index (χ2n) is 7.06. The number of pyridine rings is 1. The van der Waals surface area contributed by atoms with E-state index in [1.165, 1.54) is 6.20 Å². The molecular weight excluding hydrogens is 342 g/mol. The van der Waals surface area contributed by atoms with Gasteiger partial charge in [0.1, 0.15) is 5.69 Å². The molecule has 136 valence electrons. The molecule has 0 N–H and O–H groups in total. The second-order valence-corrected chi connectivity index (χ2v) is 7.06. The molecule has 2 aromatic heterocycles. The van der Waals surface area contributed by atoms with E-state index < -0.39 is 6.85 Å². The van der Waals surface area contributed by atoms with Crippen molar-refractivity contribution in [3.63, 3.8) is 0 Å². The molecule has 3 heteroatoms. The summed E-state index contributed by atoms with van der Waals surface area (Å²) in [5.41, 5.74) is 5.81.